The summed E-state index contributed by atoms with van der Waals surface area (Å²) in [5.74, 6) is -3.27. The van der Waals surface area contributed by atoms with Crippen LogP contribution in [0.4, 0.5) is 8.78 Å². The Hall–Kier alpha value is -2.56. The molecule has 1 unspecified atom stereocenters. The first-order valence-electron chi connectivity index (χ1n) is 7.68. The largest absolute Gasteiger partial charge is 0.506 e. The number of benzene rings is 1. The standard InChI is InChI=1S/C16H12ClF2N5O2S/c1-16(18,19)15-13(24-6-20-5-10(24)27-15)14(26)12-11(21-23-22-12)7-2-3-9(25)8(17)4-7/h2-6,14,25-26H,1H3,(H,21,22,23). The number of thiazole rings is 1. The van der Waals surface area contributed by atoms with E-state index in [1.165, 1.54) is 29.1 Å². The summed E-state index contributed by atoms with van der Waals surface area (Å²) in [5.41, 5.74) is 0.809. The molecule has 0 saturated heterocycles. The van der Waals surface area contributed by atoms with Gasteiger partial charge in [-0.3, -0.25) is 9.50 Å². The highest BCUT2D eigenvalue weighted by Crippen LogP contribution is 2.42. The molecule has 140 valence electrons. The molecule has 0 radical (unpaired) electrons. The van der Waals surface area contributed by atoms with E-state index in [2.05, 4.69) is 20.4 Å². The number of hydrogen-bond acceptors (Lipinski definition) is 6. The molecule has 27 heavy (non-hydrogen) atoms. The van der Waals surface area contributed by atoms with E-state index in [0.29, 0.717) is 16.1 Å². The number of phenols is 1. The lowest BCUT2D eigenvalue weighted by Gasteiger charge is -2.15. The molecule has 3 aromatic heterocycles. The van der Waals surface area contributed by atoms with Gasteiger partial charge in [0.05, 0.1) is 27.5 Å². The number of aromatic nitrogens is 5. The van der Waals surface area contributed by atoms with Gasteiger partial charge in [-0.15, -0.1) is 16.4 Å². The number of alkyl halides is 2. The van der Waals surface area contributed by atoms with E-state index in [4.69, 9.17) is 11.6 Å². The predicted octanol–water partition coefficient (Wildman–Crippen LogP) is 3.73. The molecule has 3 N–H and O–H groups in total. The van der Waals surface area contributed by atoms with Crippen molar-refractivity contribution in [2.45, 2.75) is 19.0 Å². The van der Waals surface area contributed by atoms with E-state index in [0.717, 1.165) is 18.3 Å². The summed E-state index contributed by atoms with van der Waals surface area (Å²) < 4.78 is 29.7. The van der Waals surface area contributed by atoms with E-state index < -0.39 is 12.0 Å². The normalized spacial score (nSPS) is 13.4. The molecule has 1 aromatic carbocycles. The molecule has 0 aliphatic heterocycles. The monoisotopic (exact) mass is 411 g/mol. The van der Waals surface area contributed by atoms with Crippen LogP contribution < -0.4 is 0 Å². The van der Waals surface area contributed by atoms with Crippen molar-refractivity contribution in [3.05, 3.63) is 52.0 Å². The minimum atomic E-state index is -3.16. The third kappa shape index (κ3) is 2.95. The molecule has 0 bridgehead atoms. The van der Waals surface area contributed by atoms with Crippen LogP contribution in [0.1, 0.15) is 29.3 Å². The fourth-order valence-electron chi connectivity index (χ4n) is 2.81. The summed E-state index contributed by atoms with van der Waals surface area (Å²) >= 11 is 6.78. The van der Waals surface area contributed by atoms with Gasteiger partial charge in [-0.05, 0) is 18.2 Å². The Balaban J connectivity index is 1.87. The number of imidazole rings is 1. The SMILES string of the molecule is CC(F)(F)c1sc2cncn2c1C(O)c1nn[nH]c1-c1ccc(O)c(Cl)c1. The topological polar surface area (TPSA) is 99.3 Å². The highest BCUT2D eigenvalue weighted by molar-refractivity contribution is 7.17. The molecule has 11 heteroatoms. The van der Waals surface area contributed by atoms with Crippen molar-refractivity contribution in [2.24, 2.45) is 0 Å². The number of nitrogens with one attached hydrogen (secondary N) is 1. The molecule has 0 aliphatic carbocycles. The van der Waals surface area contributed by atoms with Gasteiger partial charge in [0.25, 0.3) is 5.92 Å². The van der Waals surface area contributed by atoms with Crippen molar-refractivity contribution in [3.8, 4) is 17.0 Å². The molecule has 0 spiro atoms. The molecule has 0 saturated carbocycles. The summed E-state index contributed by atoms with van der Waals surface area (Å²) in [6, 6.07) is 4.37. The average Bonchev–Trinajstić information content (AvgIpc) is 3.30. The number of aromatic amines is 1. The van der Waals surface area contributed by atoms with Gasteiger partial charge in [-0.1, -0.05) is 16.8 Å². The smallest absolute Gasteiger partial charge is 0.281 e. The fraction of sp³-hybridized carbons (Fsp3) is 0.188. The van der Waals surface area contributed by atoms with E-state index in [1.54, 1.807) is 6.07 Å². The molecular formula is C16H12ClF2N5O2S. The molecule has 3 heterocycles. The van der Waals surface area contributed by atoms with Crippen molar-refractivity contribution in [1.82, 2.24) is 24.8 Å². The highest BCUT2D eigenvalue weighted by Gasteiger charge is 2.36. The number of nitrogens with zero attached hydrogens (tertiary/aromatic N) is 4. The van der Waals surface area contributed by atoms with Gasteiger partial charge in [0.15, 0.2) is 0 Å². The first-order valence-corrected chi connectivity index (χ1v) is 8.87. The molecule has 7 nitrogen and oxygen atoms in total. The second-order valence-corrected chi connectivity index (χ2v) is 7.39. The van der Waals surface area contributed by atoms with Crippen LogP contribution in [-0.2, 0) is 5.92 Å². The number of phenolic OH excluding ortho intramolecular Hbond substituents is 1. The molecule has 0 aliphatic rings. The zero-order valence-corrected chi connectivity index (χ0v) is 15.3. The Kier molecular flexibility index (Phi) is 4.13. The number of aromatic hydroxyl groups is 1. The summed E-state index contributed by atoms with van der Waals surface area (Å²) in [7, 11) is 0. The summed E-state index contributed by atoms with van der Waals surface area (Å²) in [6.07, 6.45) is 1.31. The molecule has 4 rings (SSSR count). The van der Waals surface area contributed by atoms with Gasteiger partial charge < -0.3 is 10.2 Å². The minimum absolute atomic E-state index is 0.0278. The van der Waals surface area contributed by atoms with Crippen LogP contribution in [0.25, 0.3) is 16.1 Å². The van der Waals surface area contributed by atoms with E-state index in [-0.39, 0.29) is 27.0 Å². The number of aliphatic hydroxyl groups excluding tert-OH is 1. The molecular weight excluding hydrogens is 400 g/mol. The number of fused-ring (bicyclic) bond motifs is 1. The minimum Gasteiger partial charge on any atom is -0.506 e. The maximum Gasteiger partial charge on any atom is 0.281 e. The van der Waals surface area contributed by atoms with Crippen LogP contribution >= 0.6 is 22.9 Å². The van der Waals surface area contributed by atoms with Crippen molar-refractivity contribution in [2.75, 3.05) is 0 Å². The number of halogens is 3. The maximum atomic E-state index is 14.1. The Bertz CT molecular complexity index is 1130. The molecule has 0 amide bonds. The summed E-state index contributed by atoms with van der Waals surface area (Å²) in [5, 5.41) is 30.8. The van der Waals surface area contributed by atoms with Crippen LogP contribution in [0.15, 0.2) is 30.7 Å². The molecule has 1 atom stereocenters. The lowest BCUT2D eigenvalue weighted by molar-refractivity contribution is 0.0180. The average molecular weight is 412 g/mol. The van der Waals surface area contributed by atoms with Crippen molar-refractivity contribution in [1.29, 1.82) is 0 Å². The Morgan fingerprint density at radius 2 is 2.15 bits per heavy atom. The van der Waals surface area contributed by atoms with Crippen LogP contribution in [0.5, 0.6) is 5.75 Å². The second kappa shape index (κ2) is 6.25. The van der Waals surface area contributed by atoms with Gasteiger partial charge in [0.1, 0.15) is 28.7 Å². The highest BCUT2D eigenvalue weighted by atomic mass is 35.5. The second-order valence-electron chi connectivity index (χ2n) is 5.95. The molecule has 4 aromatic rings. The Labute approximate surface area is 159 Å². The summed E-state index contributed by atoms with van der Waals surface area (Å²) in [6.45, 7) is 0.769. The van der Waals surface area contributed by atoms with Crippen molar-refractivity contribution < 1.29 is 19.0 Å². The van der Waals surface area contributed by atoms with Crippen molar-refractivity contribution in [3.63, 3.8) is 0 Å². The number of hydrogen-bond donors (Lipinski definition) is 3. The summed E-state index contributed by atoms with van der Waals surface area (Å²) in [4.78, 5) is 4.12. The third-order valence-corrected chi connectivity index (χ3v) is 5.62. The Morgan fingerprint density at radius 1 is 1.37 bits per heavy atom. The first kappa shape index (κ1) is 17.8. The fourth-order valence-corrected chi connectivity index (χ4v) is 4.05. The van der Waals surface area contributed by atoms with Gasteiger partial charge in [0.2, 0.25) is 0 Å². The number of rotatable bonds is 4. The third-order valence-electron chi connectivity index (χ3n) is 4.03. The van der Waals surface area contributed by atoms with Crippen molar-refractivity contribution >= 4 is 27.8 Å². The van der Waals surface area contributed by atoms with Gasteiger partial charge in [-0.25, -0.2) is 13.8 Å². The van der Waals surface area contributed by atoms with Crippen LogP contribution in [-0.4, -0.2) is 35.0 Å². The lowest BCUT2D eigenvalue weighted by atomic mass is 10.0. The number of aliphatic hydroxyl groups is 1. The van der Waals surface area contributed by atoms with Gasteiger partial charge in [-0.2, -0.15) is 0 Å². The first-order chi connectivity index (χ1) is 12.8. The number of H-pyrrole nitrogens is 1. The predicted molar refractivity (Wildman–Crippen MR) is 95.2 cm³/mol. The van der Waals surface area contributed by atoms with Crippen LogP contribution in [0.2, 0.25) is 5.02 Å². The Morgan fingerprint density at radius 3 is 2.85 bits per heavy atom. The van der Waals surface area contributed by atoms with Gasteiger partial charge >= 0.3 is 0 Å². The van der Waals surface area contributed by atoms with E-state index >= 15 is 0 Å². The zero-order valence-electron chi connectivity index (χ0n) is 13.7. The molecule has 0 fully saturated rings. The van der Waals surface area contributed by atoms with Crippen LogP contribution in [0, 0.1) is 0 Å². The quantitative estimate of drug-likeness (QED) is 0.475. The lowest BCUT2D eigenvalue weighted by Crippen LogP contribution is -2.14. The van der Waals surface area contributed by atoms with E-state index in [9.17, 15) is 19.0 Å². The van der Waals surface area contributed by atoms with E-state index in [1.807, 2.05) is 0 Å². The van der Waals surface area contributed by atoms with Crippen LogP contribution in [0.3, 0.4) is 0 Å². The zero-order chi connectivity index (χ0) is 19.3. The maximum absolute atomic E-state index is 14.1. The van der Waals surface area contributed by atoms with Gasteiger partial charge in [0, 0.05) is 12.5 Å².